The van der Waals surface area contributed by atoms with Crippen molar-refractivity contribution in [1.82, 2.24) is 5.16 Å². The maximum Gasteiger partial charge on any atom is 0.310 e. The summed E-state index contributed by atoms with van der Waals surface area (Å²) >= 11 is 0. The van der Waals surface area contributed by atoms with Gasteiger partial charge in [0, 0.05) is 5.56 Å². The van der Waals surface area contributed by atoms with Crippen molar-refractivity contribution >= 4 is 11.8 Å². The standard InChI is InChI=1S/C23H22FNO6/c1-14-19(15(2)31-25-14)12-29-18-7-4-16(5-8-18)10-23(27)30-13-21(26)17-6-9-22(28-3)20(24)11-17/h4-9,11H,10,12-13H2,1-3H3. The molecule has 0 N–H and O–H groups in total. The van der Waals surface area contributed by atoms with E-state index in [0.29, 0.717) is 23.7 Å². The van der Waals surface area contributed by atoms with Crippen LogP contribution in [0, 0.1) is 19.7 Å². The highest BCUT2D eigenvalue weighted by molar-refractivity contribution is 5.98. The first-order chi connectivity index (χ1) is 14.9. The van der Waals surface area contributed by atoms with E-state index in [4.69, 9.17) is 18.7 Å². The third-order valence-electron chi connectivity index (χ3n) is 4.67. The summed E-state index contributed by atoms with van der Waals surface area (Å²) in [5.41, 5.74) is 2.49. The van der Waals surface area contributed by atoms with Gasteiger partial charge in [-0.15, -0.1) is 0 Å². The van der Waals surface area contributed by atoms with Crippen LogP contribution in [0.5, 0.6) is 11.5 Å². The largest absolute Gasteiger partial charge is 0.494 e. The molecule has 0 aliphatic carbocycles. The predicted molar refractivity (Wildman–Crippen MR) is 109 cm³/mol. The van der Waals surface area contributed by atoms with Crippen molar-refractivity contribution < 1.29 is 32.7 Å². The molecule has 2 aromatic carbocycles. The summed E-state index contributed by atoms with van der Waals surface area (Å²) in [6.07, 6.45) is -0.00556. The number of aryl methyl sites for hydroxylation is 2. The Labute approximate surface area is 178 Å². The average molecular weight is 427 g/mol. The number of aromatic nitrogens is 1. The van der Waals surface area contributed by atoms with Gasteiger partial charge in [0.1, 0.15) is 18.1 Å². The quantitative estimate of drug-likeness (QED) is 0.377. The number of hydrogen-bond donors (Lipinski definition) is 0. The van der Waals surface area contributed by atoms with Crippen molar-refractivity contribution in [3.05, 3.63) is 76.4 Å². The van der Waals surface area contributed by atoms with Crippen molar-refractivity contribution in [2.24, 2.45) is 0 Å². The van der Waals surface area contributed by atoms with Crippen LogP contribution < -0.4 is 9.47 Å². The molecule has 1 heterocycles. The second kappa shape index (κ2) is 9.88. The molecular weight excluding hydrogens is 405 g/mol. The Morgan fingerprint density at radius 2 is 1.84 bits per heavy atom. The van der Waals surface area contributed by atoms with E-state index in [0.717, 1.165) is 17.3 Å². The van der Waals surface area contributed by atoms with Crippen molar-refractivity contribution in [3.8, 4) is 11.5 Å². The van der Waals surface area contributed by atoms with E-state index in [1.807, 2.05) is 13.8 Å². The Bertz CT molecular complexity index is 1050. The molecule has 0 saturated heterocycles. The van der Waals surface area contributed by atoms with Crippen molar-refractivity contribution in [2.45, 2.75) is 26.9 Å². The van der Waals surface area contributed by atoms with Gasteiger partial charge in [-0.25, -0.2) is 4.39 Å². The van der Waals surface area contributed by atoms with Gasteiger partial charge in [-0.05, 0) is 49.7 Å². The first kappa shape index (κ1) is 22.0. The minimum atomic E-state index is -0.656. The molecule has 31 heavy (non-hydrogen) atoms. The van der Waals surface area contributed by atoms with Crippen LogP contribution in [-0.2, 0) is 22.6 Å². The highest BCUT2D eigenvalue weighted by atomic mass is 19.1. The molecule has 7 nitrogen and oxygen atoms in total. The minimum Gasteiger partial charge on any atom is -0.494 e. The molecule has 8 heteroatoms. The number of benzene rings is 2. The van der Waals surface area contributed by atoms with Crippen LogP contribution in [0.4, 0.5) is 4.39 Å². The number of esters is 1. The molecule has 0 bridgehead atoms. The molecular formula is C23H22FNO6. The van der Waals surface area contributed by atoms with Gasteiger partial charge in [-0.2, -0.15) is 0 Å². The van der Waals surface area contributed by atoms with E-state index in [1.165, 1.54) is 19.2 Å². The molecule has 0 radical (unpaired) electrons. The van der Waals surface area contributed by atoms with Gasteiger partial charge in [-0.1, -0.05) is 17.3 Å². The van der Waals surface area contributed by atoms with Crippen LogP contribution in [0.3, 0.4) is 0 Å². The van der Waals surface area contributed by atoms with E-state index in [9.17, 15) is 14.0 Å². The van der Waals surface area contributed by atoms with Crippen LogP contribution in [0.2, 0.25) is 0 Å². The van der Waals surface area contributed by atoms with E-state index in [2.05, 4.69) is 5.16 Å². The predicted octanol–water partition coefficient (Wildman–Crippen LogP) is 3.99. The van der Waals surface area contributed by atoms with Crippen molar-refractivity contribution in [2.75, 3.05) is 13.7 Å². The number of Topliss-reactive ketones (excluding diaryl/α,β-unsaturated/α-hetero) is 1. The Morgan fingerprint density at radius 1 is 1.10 bits per heavy atom. The number of ether oxygens (including phenoxy) is 3. The fourth-order valence-electron chi connectivity index (χ4n) is 2.85. The number of methoxy groups -OCH3 is 1. The fourth-order valence-corrected chi connectivity index (χ4v) is 2.85. The molecule has 162 valence electrons. The Kier molecular flexibility index (Phi) is 7.02. The zero-order chi connectivity index (χ0) is 22.4. The van der Waals surface area contributed by atoms with E-state index >= 15 is 0 Å². The molecule has 0 atom stereocenters. The number of carbonyl (C=O) groups excluding carboxylic acids is 2. The maximum atomic E-state index is 13.7. The number of halogens is 1. The monoisotopic (exact) mass is 427 g/mol. The second-order valence-electron chi connectivity index (χ2n) is 6.85. The summed E-state index contributed by atoms with van der Waals surface area (Å²) in [5.74, 6) is -0.341. The molecule has 0 saturated carbocycles. The number of rotatable bonds is 9. The molecule has 3 rings (SSSR count). The van der Waals surface area contributed by atoms with E-state index < -0.39 is 24.2 Å². The zero-order valence-electron chi connectivity index (χ0n) is 17.4. The molecule has 0 amide bonds. The summed E-state index contributed by atoms with van der Waals surface area (Å²) in [5, 5.41) is 3.88. The minimum absolute atomic E-state index is 0.00556. The second-order valence-corrected chi connectivity index (χ2v) is 6.85. The van der Waals surface area contributed by atoms with Crippen molar-refractivity contribution in [1.29, 1.82) is 0 Å². The zero-order valence-corrected chi connectivity index (χ0v) is 17.4. The van der Waals surface area contributed by atoms with Gasteiger partial charge in [0.25, 0.3) is 0 Å². The van der Waals surface area contributed by atoms with Crippen molar-refractivity contribution in [3.63, 3.8) is 0 Å². The number of ketones is 1. The molecule has 1 aromatic heterocycles. The van der Waals surface area contributed by atoms with Crippen LogP contribution in [0.25, 0.3) is 0 Å². The molecule has 0 aliphatic rings. The summed E-state index contributed by atoms with van der Waals surface area (Å²) < 4.78 is 34.4. The molecule has 0 unspecified atom stereocenters. The fraction of sp³-hybridized carbons (Fsp3) is 0.261. The van der Waals surface area contributed by atoms with Crippen LogP contribution in [0.15, 0.2) is 47.0 Å². The molecule has 3 aromatic rings. The maximum absolute atomic E-state index is 13.7. The van der Waals surface area contributed by atoms with Crippen LogP contribution >= 0.6 is 0 Å². The summed E-state index contributed by atoms with van der Waals surface area (Å²) in [6.45, 7) is 3.53. The Morgan fingerprint density at radius 3 is 2.45 bits per heavy atom. The smallest absolute Gasteiger partial charge is 0.310 e. The lowest BCUT2D eigenvalue weighted by Gasteiger charge is -2.08. The molecule has 0 aliphatic heterocycles. The highest BCUT2D eigenvalue weighted by Crippen LogP contribution is 2.19. The first-order valence-corrected chi connectivity index (χ1v) is 9.53. The molecule has 0 spiro atoms. The SMILES string of the molecule is COc1ccc(C(=O)COC(=O)Cc2ccc(OCc3c(C)noc3C)cc2)cc1F. The number of nitrogens with zero attached hydrogens (tertiary/aromatic N) is 1. The topological polar surface area (TPSA) is 87.9 Å². The summed E-state index contributed by atoms with van der Waals surface area (Å²) in [6, 6.07) is 10.8. The van der Waals surface area contributed by atoms with Gasteiger partial charge in [0.2, 0.25) is 0 Å². The third kappa shape index (κ3) is 5.69. The summed E-state index contributed by atoms with van der Waals surface area (Å²) in [7, 11) is 1.33. The van der Waals surface area contributed by atoms with Gasteiger partial charge < -0.3 is 18.7 Å². The lowest BCUT2D eigenvalue weighted by Crippen LogP contribution is -2.16. The van der Waals surface area contributed by atoms with Gasteiger partial charge >= 0.3 is 5.97 Å². The highest BCUT2D eigenvalue weighted by Gasteiger charge is 2.14. The molecule has 0 fully saturated rings. The Balaban J connectivity index is 1.48. The summed E-state index contributed by atoms with van der Waals surface area (Å²) in [4.78, 5) is 24.1. The Hall–Kier alpha value is -3.68. The van der Waals surface area contributed by atoms with Crippen LogP contribution in [-0.4, -0.2) is 30.6 Å². The average Bonchev–Trinajstić information content (AvgIpc) is 3.08. The van der Waals surface area contributed by atoms with Gasteiger partial charge in [0.15, 0.2) is 24.0 Å². The third-order valence-corrected chi connectivity index (χ3v) is 4.67. The van der Waals surface area contributed by atoms with E-state index in [-0.39, 0.29) is 17.7 Å². The first-order valence-electron chi connectivity index (χ1n) is 9.53. The lowest BCUT2D eigenvalue weighted by atomic mass is 10.1. The normalized spacial score (nSPS) is 10.6. The van der Waals surface area contributed by atoms with E-state index in [1.54, 1.807) is 24.3 Å². The lowest BCUT2D eigenvalue weighted by molar-refractivity contribution is -0.141. The van der Waals surface area contributed by atoms with Gasteiger partial charge in [-0.3, -0.25) is 9.59 Å². The number of hydrogen-bond acceptors (Lipinski definition) is 7. The van der Waals surface area contributed by atoms with Gasteiger partial charge in [0.05, 0.1) is 24.8 Å². The van der Waals surface area contributed by atoms with Crippen LogP contribution in [0.1, 0.15) is 32.9 Å². The number of carbonyl (C=O) groups is 2.